The molecule has 0 aliphatic carbocycles. The van der Waals surface area contributed by atoms with Crippen LogP contribution in [0.25, 0.3) is 0 Å². The second kappa shape index (κ2) is 6.23. The van der Waals surface area contributed by atoms with Crippen molar-refractivity contribution in [1.82, 2.24) is 4.90 Å². The first-order chi connectivity index (χ1) is 7.26. The Morgan fingerprint density at radius 3 is 2.44 bits per heavy atom. The number of piperidine rings is 3. The van der Waals surface area contributed by atoms with E-state index in [0.29, 0.717) is 11.6 Å². The van der Waals surface area contributed by atoms with Gasteiger partial charge in [0.2, 0.25) is 0 Å². The highest BCUT2D eigenvalue weighted by molar-refractivity contribution is 5.85. The van der Waals surface area contributed by atoms with Crippen LogP contribution in [0.4, 0.5) is 0 Å². The lowest BCUT2D eigenvalue weighted by Gasteiger charge is -2.52. The summed E-state index contributed by atoms with van der Waals surface area (Å²) in [6, 6.07) is 0. The molecule has 3 saturated heterocycles. The monoisotopic (exact) mass is 246 g/mol. The molecule has 0 aromatic rings. The van der Waals surface area contributed by atoms with Crippen LogP contribution in [0.5, 0.6) is 0 Å². The molecule has 3 aliphatic rings. The summed E-state index contributed by atoms with van der Waals surface area (Å²) < 4.78 is 0. The van der Waals surface area contributed by atoms with E-state index < -0.39 is 0 Å². The predicted octanol–water partition coefficient (Wildman–Crippen LogP) is 3.15. The van der Waals surface area contributed by atoms with Gasteiger partial charge in [0.15, 0.2) is 0 Å². The standard InChI is InChI=1S/C13H26N2.ClH/c1-2-3-4-5-6-13-7-9-15(10-8-13)12(14)11-13;/h12H,2-11,14H2,1H3;1H. The van der Waals surface area contributed by atoms with Crippen LogP contribution in [0, 0.1) is 5.41 Å². The number of halogens is 1. The Kier molecular flexibility index (Phi) is 5.55. The highest BCUT2D eigenvalue weighted by Crippen LogP contribution is 2.45. The highest BCUT2D eigenvalue weighted by atomic mass is 35.5. The molecule has 3 fully saturated rings. The fourth-order valence-corrected chi connectivity index (χ4v) is 3.39. The lowest BCUT2D eigenvalue weighted by molar-refractivity contribution is -0.0245. The van der Waals surface area contributed by atoms with Gasteiger partial charge >= 0.3 is 0 Å². The zero-order valence-electron chi connectivity index (χ0n) is 10.6. The number of nitrogens with two attached hydrogens (primary N) is 1. The van der Waals surface area contributed by atoms with Crippen LogP contribution >= 0.6 is 12.4 Å². The Labute approximate surface area is 106 Å². The number of hydrogen-bond donors (Lipinski definition) is 1. The van der Waals surface area contributed by atoms with Crippen LogP contribution in [0.15, 0.2) is 0 Å². The molecule has 3 rings (SSSR count). The third kappa shape index (κ3) is 3.12. The van der Waals surface area contributed by atoms with Crippen molar-refractivity contribution in [2.75, 3.05) is 13.1 Å². The van der Waals surface area contributed by atoms with E-state index in [1.165, 1.54) is 64.5 Å². The summed E-state index contributed by atoms with van der Waals surface area (Å²) >= 11 is 0. The molecule has 0 amide bonds. The summed E-state index contributed by atoms with van der Waals surface area (Å²) in [5, 5.41) is 0. The normalized spacial score (nSPS) is 37.1. The summed E-state index contributed by atoms with van der Waals surface area (Å²) in [6.45, 7) is 4.80. The van der Waals surface area contributed by atoms with Crippen molar-refractivity contribution < 1.29 is 0 Å². The molecule has 0 spiro atoms. The second-order valence-corrected chi connectivity index (χ2v) is 5.62. The molecule has 0 radical (unpaired) electrons. The zero-order chi connectivity index (χ0) is 10.7. The van der Waals surface area contributed by atoms with Crippen LogP contribution in [0.2, 0.25) is 0 Å². The fraction of sp³-hybridized carbons (Fsp3) is 1.00. The third-order valence-corrected chi connectivity index (χ3v) is 4.53. The maximum Gasteiger partial charge on any atom is 0.0577 e. The van der Waals surface area contributed by atoms with Gasteiger partial charge in [-0.05, 0) is 31.1 Å². The van der Waals surface area contributed by atoms with Gasteiger partial charge in [-0.2, -0.15) is 0 Å². The first kappa shape index (κ1) is 14.3. The lowest BCUT2D eigenvalue weighted by atomic mass is 9.68. The van der Waals surface area contributed by atoms with Crippen LogP contribution in [0.3, 0.4) is 0 Å². The Bertz CT molecular complexity index is 200. The van der Waals surface area contributed by atoms with Gasteiger partial charge < -0.3 is 5.73 Å². The van der Waals surface area contributed by atoms with Crippen molar-refractivity contribution in [3.05, 3.63) is 0 Å². The molecule has 1 atom stereocenters. The highest BCUT2D eigenvalue weighted by Gasteiger charge is 2.42. The van der Waals surface area contributed by atoms with Gasteiger partial charge in [0.1, 0.15) is 0 Å². The maximum atomic E-state index is 6.16. The van der Waals surface area contributed by atoms with E-state index in [-0.39, 0.29) is 12.4 Å². The van der Waals surface area contributed by atoms with Gasteiger partial charge in [-0.15, -0.1) is 12.4 Å². The van der Waals surface area contributed by atoms with Crippen molar-refractivity contribution in [3.63, 3.8) is 0 Å². The summed E-state index contributed by atoms with van der Waals surface area (Å²) in [5.74, 6) is 0. The minimum atomic E-state index is 0. The minimum Gasteiger partial charge on any atom is -0.316 e. The molecular formula is C13H27ClN2. The molecule has 0 aromatic carbocycles. The van der Waals surface area contributed by atoms with E-state index in [4.69, 9.17) is 5.73 Å². The molecule has 3 aliphatic heterocycles. The largest absolute Gasteiger partial charge is 0.316 e. The van der Waals surface area contributed by atoms with E-state index in [2.05, 4.69) is 11.8 Å². The molecule has 2 N–H and O–H groups in total. The average Bonchev–Trinajstić information content (AvgIpc) is 2.26. The fourth-order valence-electron chi connectivity index (χ4n) is 3.39. The third-order valence-electron chi connectivity index (χ3n) is 4.53. The number of unbranched alkanes of at least 4 members (excludes halogenated alkanes) is 3. The van der Waals surface area contributed by atoms with Crippen molar-refractivity contribution >= 4 is 12.4 Å². The van der Waals surface area contributed by atoms with Gasteiger partial charge in [-0.25, -0.2) is 0 Å². The first-order valence-electron chi connectivity index (χ1n) is 6.75. The number of rotatable bonds is 5. The van der Waals surface area contributed by atoms with E-state index in [1.54, 1.807) is 0 Å². The lowest BCUT2D eigenvalue weighted by Crippen LogP contribution is -2.57. The van der Waals surface area contributed by atoms with Crippen molar-refractivity contribution in [2.45, 2.75) is 64.5 Å². The predicted molar refractivity (Wildman–Crippen MR) is 71.8 cm³/mol. The quantitative estimate of drug-likeness (QED) is 0.756. The van der Waals surface area contributed by atoms with Crippen LogP contribution < -0.4 is 5.73 Å². The van der Waals surface area contributed by atoms with E-state index in [0.717, 1.165) is 0 Å². The van der Waals surface area contributed by atoms with E-state index in [9.17, 15) is 0 Å². The molecule has 3 heterocycles. The smallest absolute Gasteiger partial charge is 0.0577 e. The van der Waals surface area contributed by atoms with E-state index in [1.807, 2.05) is 0 Å². The molecule has 2 bridgehead atoms. The van der Waals surface area contributed by atoms with Gasteiger partial charge in [-0.3, -0.25) is 4.90 Å². The van der Waals surface area contributed by atoms with Crippen LogP contribution in [0.1, 0.15) is 58.3 Å². The number of nitrogens with zero attached hydrogens (tertiary/aromatic N) is 1. The number of fused-ring (bicyclic) bond motifs is 3. The summed E-state index contributed by atoms with van der Waals surface area (Å²) in [4.78, 5) is 2.47. The second-order valence-electron chi connectivity index (χ2n) is 5.62. The Morgan fingerprint density at radius 1 is 1.19 bits per heavy atom. The first-order valence-corrected chi connectivity index (χ1v) is 6.75. The maximum absolute atomic E-state index is 6.16. The molecule has 1 unspecified atom stereocenters. The van der Waals surface area contributed by atoms with E-state index >= 15 is 0 Å². The zero-order valence-corrected chi connectivity index (χ0v) is 11.4. The Hall–Kier alpha value is 0.210. The summed E-state index contributed by atoms with van der Waals surface area (Å²) in [7, 11) is 0. The minimum absolute atomic E-state index is 0. The Balaban J connectivity index is 0.00000128. The molecule has 96 valence electrons. The Morgan fingerprint density at radius 2 is 1.88 bits per heavy atom. The molecule has 0 saturated carbocycles. The van der Waals surface area contributed by atoms with Gasteiger partial charge in [0, 0.05) is 13.1 Å². The van der Waals surface area contributed by atoms with Gasteiger partial charge in [0.05, 0.1) is 6.17 Å². The van der Waals surface area contributed by atoms with Crippen LogP contribution in [-0.4, -0.2) is 24.2 Å². The van der Waals surface area contributed by atoms with Gasteiger partial charge in [0.25, 0.3) is 0 Å². The topological polar surface area (TPSA) is 29.3 Å². The van der Waals surface area contributed by atoms with Crippen LogP contribution in [-0.2, 0) is 0 Å². The average molecular weight is 247 g/mol. The SMILES string of the molecule is CCCCCCC12CCN(CC1)C(N)C2.Cl. The summed E-state index contributed by atoms with van der Waals surface area (Å²) in [6.07, 6.45) is 11.5. The number of hydrogen-bond acceptors (Lipinski definition) is 2. The summed E-state index contributed by atoms with van der Waals surface area (Å²) in [5.41, 5.74) is 6.80. The molecule has 3 heteroatoms. The van der Waals surface area contributed by atoms with Gasteiger partial charge in [-0.1, -0.05) is 32.6 Å². The molecular weight excluding hydrogens is 220 g/mol. The molecule has 16 heavy (non-hydrogen) atoms. The van der Waals surface area contributed by atoms with Crippen molar-refractivity contribution in [3.8, 4) is 0 Å². The van der Waals surface area contributed by atoms with Crippen molar-refractivity contribution in [2.24, 2.45) is 11.1 Å². The van der Waals surface area contributed by atoms with Crippen molar-refractivity contribution in [1.29, 1.82) is 0 Å². The molecule has 2 nitrogen and oxygen atoms in total. The molecule has 0 aromatic heterocycles.